The fourth-order valence-electron chi connectivity index (χ4n) is 2.45. The van der Waals surface area contributed by atoms with Gasteiger partial charge in [-0.3, -0.25) is 0 Å². The molecule has 5 N–H and O–H groups in total. The first-order valence-corrected chi connectivity index (χ1v) is 8.28. The number of hydrogen-bond acceptors (Lipinski definition) is 10. The highest BCUT2D eigenvalue weighted by Crippen LogP contribution is 2.24. The van der Waals surface area contributed by atoms with Crippen LogP contribution in [-0.2, 0) is 14.2 Å². The van der Waals surface area contributed by atoms with E-state index in [2.05, 4.69) is 6.58 Å². The molecule has 1 saturated heterocycles. The first-order chi connectivity index (χ1) is 13.3. The third kappa shape index (κ3) is 5.05. The van der Waals surface area contributed by atoms with Crippen molar-refractivity contribution in [3.05, 3.63) is 42.0 Å². The van der Waals surface area contributed by atoms with Gasteiger partial charge in [-0.25, -0.2) is 4.79 Å². The number of aromatic hydroxyl groups is 1. The van der Waals surface area contributed by atoms with Crippen LogP contribution in [0.2, 0.25) is 0 Å². The second kappa shape index (κ2) is 9.61. The van der Waals surface area contributed by atoms with Crippen molar-refractivity contribution in [2.75, 3.05) is 13.2 Å². The average Bonchev–Trinajstić information content (AvgIpc) is 2.70. The minimum Gasteiger partial charge on any atom is -0.508 e. The lowest BCUT2D eigenvalue weighted by atomic mass is 9.99. The molecule has 1 aliphatic rings. The molecule has 6 atom stereocenters. The molecular formula is C18H21NO9. The molecule has 0 aromatic heterocycles. The minimum atomic E-state index is -1.68. The molecule has 0 spiro atoms. The van der Waals surface area contributed by atoms with Crippen LogP contribution < -0.4 is 0 Å². The maximum Gasteiger partial charge on any atom is 0.338 e. The summed E-state index contributed by atoms with van der Waals surface area (Å²) in [6.45, 7) is 2.58. The van der Waals surface area contributed by atoms with Gasteiger partial charge in [0.1, 0.15) is 36.8 Å². The number of aliphatic hydroxyl groups is 4. The molecule has 0 aliphatic carbocycles. The molecular weight excluding hydrogens is 374 g/mol. The SMILES string of the molecule is C=C(COC(=O)c1ccc(O)cc1)[C@H](C#N)O[C@@H]1O[C@H](CO)[C@@H](O)[C@H](O)[C@H]1O. The maximum atomic E-state index is 12.0. The van der Waals surface area contributed by atoms with Crippen LogP contribution in [0.1, 0.15) is 10.4 Å². The first kappa shape index (κ1) is 21.8. The number of hydrogen-bond donors (Lipinski definition) is 5. The Kier molecular flexibility index (Phi) is 7.47. The van der Waals surface area contributed by atoms with Gasteiger partial charge in [0.05, 0.1) is 18.2 Å². The van der Waals surface area contributed by atoms with Crippen LogP contribution in [0.25, 0.3) is 0 Å². The number of phenols is 1. The molecule has 0 amide bonds. The number of carbonyl (C=O) groups excluding carboxylic acids is 1. The van der Waals surface area contributed by atoms with Crippen LogP contribution >= 0.6 is 0 Å². The largest absolute Gasteiger partial charge is 0.508 e. The van der Waals surface area contributed by atoms with E-state index in [0.717, 1.165) is 0 Å². The van der Waals surface area contributed by atoms with Gasteiger partial charge in [-0.15, -0.1) is 0 Å². The standard InChI is InChI=1S/C18H21NO9/c1-9(8-26-17(25)10-2-4-11(21)5-3-10)12(6-19)27-18-16(24)15(23)14(22)13(7-20)28-18/h2-5,12-16,18,20-24H,1,7-8H2/t12-,13+,14+,15-,16+,18+/m0/s1. The van der Waals surface area contributed by atoms with Gasteiger partial charge in [-0.1, -0.05) is 6.58 Å². The minimum absolute atomic E-state index is 0.0153. The molecule has 1 aromatic carbocycles. The van der Waals surface area contributed by atoms with Gasteiger partial charge < -0.3 is 39.7 Å². The number of carbonyl (C=O) groups is 1. The second-order valence-corrected chi connectivity index (χ2v) is 6.12. The molecule has 1 aliphatic heterocycles. The lowest BCUT2D eigenvalue weighted by molar-refractivity contribution is -0.304. The highest BCUT2D eigenvalue weighted by Gasteiger charge is 2.45. The fraction of sp³-hybridized carbons (Fsp3) is 0.444. The zero-order valence-corrected chi connectivity index (χ0v) is 14.7. The first-order valence-electron chi connectivity index (χ1n) is 8.28. The summed E-state index contributed by atoms with van der Waals surface area (Å²) in [7, 11) is 0. The van der Waals surface area contributed by atoms with Crippen LogP contribution in [0.15, 0.2) is 36.4 Å². The van der Waals surface area contributed by atoms with Crippen LogP contribution in [0.3, 0.4) is 0 Å². The third-order valence-corrected chi connectivity index (χ3v) is 4.10. The van der Waals surface area contributed by atoms with Crippen molar-refractivity contribution in [2.45, 2.75) is 36.8 Å². The van der Waals surface area contributed by atoms with E-state index in [4.69, 9.17) is 19.3 Å². The summed E-state index contributed by atoms with van der Waals surface area (Å²) in [6, 6.07) is 7.09. The number of phenolic OH excluding ortho intramolecular Hbond substituents is 1. The van der Waals surface area contributed by atoms with Crippen molar-refractivity contribution >= 4 is 5.97 Å². The van der Waals surface area contributed by atoms with E-state index in [0.29, 0.717) is 0 Å². The summed E-state index contributed by atoms with van der Waals surface area (Å²) in [5.41, 5.74) is 0.209. The third-order valence-electron chi connectivity index (χ3n) is 4.10. The van der Waals surface area contributed by atoms with Crippen LogP contribution in [0.5, 0.6) is 5.75 Å². The van der Waals surface area contributed by atoms with Crippen molar-refractivity contribution in [1.82, 2.24) is 0 Å². The van der Waals surface area contributed by atoms with Crippen LogP contribution in [0.4, 0.5) is 0 Å². The van der Waals surface area contributed by atoms with Crippen LogP contribution in [0, 0.1) is 11.3 Å². The molecule has 28 heavy (non-hydrogen) atoms. The Morgan fingerprint density at radius 2 is 1.86 bits per heavy atom. The topological polar surface area (TPSA) is 170 Å². The van der Waals surface area contributed by atoms with E-state index in [1.165, 1.54) is 24.3 Å². The molecule has 1 heterocycles. The van der Waals surface area contributed by atoms with Gasteiger partial charge in [0.2, 0.25) is 0 Å². The quantitative estimate of drug-likeness (QED) is 0.279. The maximum absolute atomic E-state index is 12.0. The Labute approximate surface area is 160 Å². The monoisotopic (exact) mass is 395 g/mol. The lowest BCUT2D eigenvalue weighted by Crippen LogP contribution is -2.59. The summed E-state index contributed by atoms with van der Waals surface area (Å²) in [6.07, 6.45) is -8.98. The number of benzene rings is 1. The molecule has 1 fully saturated rings. The van der Waals surface area contributed by atoms with E-state index >= 15 is 0 Å². The number of rotatable bonds is 7. The predicted octanol–water partition coefficient (Wildman–Crippen LogP) is -1.19. The summed E-state index contributed by atoms with van der Waals surface area (Å²) >= 11 is 0. The zero-order valence-electron chi connectivity index (χ0n) is 14.7. The second-order valence-electron chi connectivity index (χ2n) is 6.12. The predicted molar refractivity (Wildman–Crippen MR) is 91.8 cm³/mol. The van der Waals surface area contributed by atoms with Gasteiger partial charge >= 0.3 is 5.97 Å². The van der Waals surface area contributed by atoms with Gasteiger partial charge in [0.15, 0.2) is 12.4 Å². The molecule has 0 unspecified atom stereocenters. The molecule has 1 aromatic rings. The Morgan fingerprint density at radius 1 is 1.21 bits per heavy atom. The smallest absolute Gasteiger partial charge is 0.338 e. The van der Waals surface area contributed by atoms with Gasteiger partial charge in [-0.05, 0) is 24.3 Å². The van der Waals surface area contributed by atoms with Crippen molar-refractivity contribution in [2.24, 2.45) is 0 Å². The molecule has 0 radical (unpaired) electrons. The Hall–Kier alpha value is -2.52. The molecule has 10 heteroatoms. The summed E-state index contributed by atoms with van der Waals surface area (Å²) < 4.78 is 15.5. The molecule has 152 valence electrons. The van der Waals surface area contributed by atoms with Crippen molar-refractivity contribution in [1.29, 1.82) is 5.26 Å². The fourth-order valence-corrected chi connectivity index (χ4v) is 2.45. The van der Waals surface area contributed by atoms with E-state index in [9.17, 15) is 30.5 Å². The highest BCUT2D eigenvalue weighted by molar-refractivity contribution is 5.89. The number of esters is 1. The normalized spacial score (nSPS) is 28.2. The van der Waals surface area contributed by atoms with E-state index in [1.807, 2.05) is 0 Å². The van der Waals surface area contributed by atoms with Crippen LogP contribution in [-0.4, -0.2) is 81.5 Å². The Morgan fingerprint density at radius 3 is 2.43 bits per heavy atom. The van der Waals surface area contributed by atoms with E-state index < -0.39 is 49.4 Å². The van der Waals surface area contributed by atoms with Gasteiger partial charge in [-0.2, -0.15) is 5.26 Å². The zero-order chi connectivity index (χ0) is 20.8. The average molecular weight is 395 g/mol. The number of nitriles is 1. The Balaban J connectivity index is 1.95. The number of aliphatic hydroxyl groups excluding tert-OH is 4. The molecule has 10 nitrogen and oxygen atoms in total. The molecule has 0 bridgehead atoms. The van der Waals surface area contributed by atoms with Crippen molar-refractivity contribution in [3.63, 3.8) is 0 Å². The van der Waals surface area contributed by atoms with Gasteiger partial charge in [0.25, 0.3) is 0 Å². The number of nitrogens with zero attached hydrogens (tertiary/aromatic N) is 1. The lowest BCUT2D eigenvalue weighted by Gasteiger charge is -2.40. The molecule has 2 rings (SSSR count). The van der Waals surface area contributed by atoms with Crippen molar-refractivity contribution < 1.29 is 44.5 Å². The van der Waals surface area contributed by atoms with E-state index in [-0.39, 0.29) is 23.5 Å². The summed E-state index contributed by atoms with van der Waals surface area (Å²) in [4.78, 5) is 12.0. The summed E-state index contributed by atoms with van der Waals surface area (Å²) in [5, 5.41) is 57.1. The van der Waals surface area contributed by atoms with Gasteiger partial charge in [0, 0.05) is 5.57 Å². The van der Waals surface area contributed by atoms with E-state index in [1.54, 1.807) is 6.07 Å². The summed E-state index contributed by atoms with van der Waals surface area (Å²) in [5.74, 6) is -0.732. The number of ether oxygens (including phenoxy) is 3. The molecule has 0 saturated carbocycles. The Bertz CT molecular complexity index is 728. The van der Waals surface area contributed by atoms with Crippen molar-refractivity contribution in [3.8, 4) is 11.8 Å². The highest BCUT2D eigenvalue weighted by atomic mass is 16.7.